The van der Waals surface area contributed by atoms with Crippen molar-refractivity contribution in [3.63, 3.8) is 0 Å². The summed E-state index contributed by atoms with van der Waals surface area (Å²) in [6.45, 7) is 6.92. The van der Waals surface area contributed by atoms with Gasteiger partial charge in [-0.05, 0) is 37.8 Å². The molecule has 0 aromatic carbocycles. The average Bonchev–Trinajstić information content (AvgIpc) is 2.69. The molecule has 0 aliphatic heterocycles. The Morgan fingerprint density at radius 3 is 1.31 bits per heavy atom. The van der Waals surface area contributed by atoms with Crippen molar-refractivity contribution >= 4 is 21.6 Å². The number of hydrogen-bond donors (Lipinski definition) is 0. The molecule has 2 atom stereocenters. The summed E-state index contributed by atoms with van der Waals surface area (Å²) in [4.78, 5) is 0. The first-order chi connectivity index (χ1) is 13.7. The highest BCUT2D eigenvalue weighted by atomic mass is 35.5. The fourth-order valence-electron chi connectivity index (χ4n) is 4.10. The predicted octanol–water partition coefficient (Wildman–Crippen LogP) is 10.8. The summed E-state index contributed by atoms with van der Waals surface area (Å²) in [5.74, 6) is 0. The molecule has 0 fully saturated rings. The Hall–Kier alpha value is 0.460. The van der Waals surface area contributed by atoms with Crippen molar-refractivity contribution in [3.8, 4) is 0 Å². The number of halogens is 1. The number of unbranched alkanes of at least 4 members (excludes halogenated alkanes) is 15. The molecule has 0 aromatic rings. The Morgan fingerprint density at radius 1 is 0.552 bits per heavy atom. The zero-order chi connectivity index (χ0) is 20.7. The van der Waals surface area contributed by atoms with Gasteiger partial charge in [0.25, 0.3) is 0 Å². The lowest BCUT2D eigenvalue weighted by Crippen LogP contribution is -1.97. The van der Waals surface area contributed by atoms with Crippen LogP contribution >= 0.6 is 21.6 Å². The van der Waals surface area contributed by atoms with Crippen molar-refractivity contribution in [2.45, 2.75) is 161 Å². The van der Waals surface area contributed by atoms with E-state index in [0.29, 0.717) is 5.66 Å². The monoisotopic (exact) mass is 446 g/mol. The van der Waals surface area contributed by atoms with Crippen LogP contribution in [0.3, 0.4) is 0 Å². The first-order valence-corrected chi connectivity index (χ1v) is 13.9. The van der Waals surface area contributed by atoms with Gasteiger partial charge in [0.15, 0.2) is 0 Å². The third-order valence-corrected chi connectivity index (χ3v) is 6.57. The second-order valence-corrected chi connectivity index (χ2v) is 9.94. The first kappa shape index (κ1) is 31.6. The lowest BCUT2D eigenvalue weighted by Gasteiger charge is -2.13. The van der Waals surface area contributed by atoms with Crippen LogP contribution in [-0.4, -0.2) is 5.66 Å². The Morgan fingerprint density at radius 2 is 0.897 bits per heavy atom. The van der Waals surface area contributed by atoms with Crippen LogP contribution in [-0.2, 0) is 0 Å². The molecule has 0 nitrogen and oxygen atoms in total. The molecule has 0 heterocycles. The highest BCUT2D eigenvalue weighted by molar-refractivity contribution is 7.17. The van der Waals surface area contributed by atoms with E-state index in [1.54, 1.807) is 5.57 Å². The maximum atomic E-state index is 3.14. The Balaban J connectivity index is 0. The van der Waals surface area contributed by atoms with Crippen LogP contribution in [0.1, 0.15) is 156 Å². The summed E-state index contributed by atoms with van der Waals surface area (Å²) in [6, 6.07) is 0. The maximum absolute atomic E-state index is 3.14. The third kappa shape index (κ3) is 24.6. The average molecular weight is 447 g/mol. The second-order valence-electron chi connectivity index (χ2n) is 9.08. The van der Waals surface area contributed by atoms with E-state index in [2.05, 4.69) is 36.1 Å². The molecule has 176 valence electrons. The van der Waals surface area contributed by atoms with Gasteiger partial charge >= 0.3 is 0 Å². The van der Waals surface area contributed by atoms with Gasteiger partial charge in [-0.15, -0.1) is 21.6 Å². The summed E-state index contributed by atoms with van der Waals surface area (Å²) in [5, 5.41) is 0. The summed E-state index contributed by atoms with van der Waals surface area (Å²) in [5.41, 5.74) is 2.48. The molecule has 2 heteroatoms. The minimum atomic E-state index is 0. The largest absolute Gasteiger partial charge is 0.147 e. The van der Waals surface area contributed by atoms with Gasteiger partial charge in [0.05, 0.1) is 0 Å². The van der Waals surface area contributed by atoms with Crippen molar-refractivity contribution in [2.75, 3.05) is 0 Å². The van der Waals surface area contributed by atoms with Gasteiger partial charge in [0.1, 0.15) is 0 Å². The van der Waals surface area contributed by atoms with Crippen molar-refractivity contribution < 1.29 is 0 Å². The molecule has 2 unspecified atom stereocenters. The molecule has 0 N–H and O–H groups in total. The van der Waals surface area contributed by atoms with Gasteiger partial charge in [0.2, 0.25) is 0 Å². The third-order valence-electron chi connectivity index (χ3n) is 6.04. The van der Waals surface area contributed by atoms with Crippen LogP contribution in [0.2, 0.25) is 0 Å². The van der Waals surface area contributed by atoms with Gasteiger partial charge in [-0.2, -0.15) is 0 Å². The normalized spacial score (nSPS) is 11.9. The molecule has 0 aliphatic rings. The molecular weight excluding hydrogens is 391 g/mol. The van der Waals surface area contributed by atoms with E-state index in [4.69, 9.17) is 0 Å². The lowest BCUT2D eigenvalue weighted by molar-refractivity contribution is 0.579. The quantitative estimate of drug-likeness (QED) is 0.0880. The zero-order valence-corrected chi connectivity index (χ0v) is 22.5. The number of hydrogen-bond acceptors (Lipinski definition) is 0. The van der Waals surface area contributed by atoms with E-state index >= 15 is 0 Å². The molecule has 29 heavy (non-hydrogen) atoms. The van der Waals surface area contributed by atoms with E-state index in [9.17, 15) is 0 Å². The van der Waals surface area contributed by atoms with Crippen LogP contribution < -0.4 is 0 Å². The smallest absolute Gasteiger partial charge is 0.00830 e. The SMILES string of the molecule is CCCCCCCCC(=CC(P)CCCCCCCC)CCCCCCCC.Cl. The fourth-order valence-corrected chi connectivity index (χ4v) is 4.61. The molecule has 0 bridgehead atoms. The molecule has 0 rings (SSSR count). The molecule has 0 aromatic heterocycles. The Labute approximate surface area is 194 Å². The molecule has 0 spiro atoms. The molecule has 0 amide bonds. The molecule has 0 saturated carbocycles. The van der Waals surface area contributed by atoms with E-state index in [0.717, 1.165) is 0 Å². The van der Waals surface area contributed by atoms with Crippen molar-refractivity contribution in [1.29, 1.82) is 0 Å². The van der Waals surface area contributed by atoms with Crippen LogP contribution in [0.25, 0.3) is 0 Å². The van der Waals surface area contributed by atoms with Crippen LogP contribution in [0.15, 0.2) is 11.6 Å². The summed E-state index contributed by atoms with van der Waals surface area (Å²) in [6.07, 6.45) is 32.3. The fraction of sp³-hybridized carbons (Fsp3) is 0.926. The van der Waals surface area contributed by atoms with E-state index in [1.807, 2.05) is 0 Å². The van der Waals surface area contributed by atoms with Crippen LogP contribution in [0.5, 0.6) is 0 Å². The standard InChI is InChI=1S/C27H55P.ClH/c1-4-7-10-13-16-19-22-26(23-20-17-14-11-8-5-2)25-27(28)24-21-18-15-12-9-6-3;/h25,27H,4-24,28H2,1-3H3;1H. The first-order valence-electron chi connectivity index (χ1n) is 13.2. The molecule has 0 saturated heterocycles. The second kappa shape index (κ2) is 26.5. The molecule has 0 aliphatic carbocycles. The lowest BCUT2D eigenvalue weighted by atomic mass is 9.97. The van der Waals surface area contributed by atoms with Gasteiger partial charge in [0, 0.05) is 0 Å². The molecule has 0 radical (unpaired) electrons. The summed E-state index contributed by atoms with van der Waals surface area (Å²) >= 11 is 0. The highest BCUT2D eigenvalue weighted by Gasteiger charge is 2.04. The van der Waals surface area contributed by atoms with Gasteiger partial charge in [-0.25, -0.2) is 0 Å². The predicted molar refractivity (Wildman–Crippen MR) is 143 cm³/mol. The van der Waals surface area contributed by atoms with Crippen LogP contribution in [0, 0.1) is 0 Å². The van der Waals surface area contributed by atoms with E-state index < -0.39 is 0 Å². The Bertz CT molecular complexity index is 308. The zero-order valence-electron chi connectivity index (χ0n) is 20.5. The number of allylic oxidation sites excluding steroid dienone is 2. The Kier molecular flexibility index (Phi) is 28.9. The summed E-state index contributed by atoms with van der Waals surface area (Å²) in [7, 11) is 3.14. The maximum Gasteiger partial charge on any atom is -0.00830 e. The van der Waals surface area contributed by atoms with Crippen LogP contribution in [0.4, 0.5) is 0 Å². The van der Waals surface area contributed by atoms with E-state index in [1.165, 1.54) is 135 Å². The van der Waals surface area contributed by atoms with Crippen molar-refractivity contribution in [3.05, 3.63) is 11.6 Å². The van der Waals surface area contributed by atoms with E-state index in [-0.39, 0.29) is 12.4 Å². The van der Waals surface area contributed by atoms with Gasteiger partial charge in [-0.3, -0.25) is 0 Å². The minimum absolute atomic E-state index is 0. The molecular formula is C27H56ClP. The van der Waals surface area contributed by atoms with Gasteiger partial charge < -0.3 is 0 Å². The summed E-state index contributed by atoms with van der Waals surface area (Å²) < 4.78 is 0. The number of rotatable bonds is 22. The minimum Gasteiger partial charge on any atom is -0.147 e. The van der Waals surface area contributed by atoms with Crippen molar-refractivity contribution in [2.24, 2.45) is 0 Å². The topological polar surface area (TPSA) is 0 Å². The van der Waals surface area contributed by atoms with Gasteiger partial charge in [-0.1, -0.05) is 135 Å². The highest BCUT2D eigenvalue weighted by Crippen LogP contribution is 2.23. The van der Waals surface area contributed by atoms with Crippen molar-refractivity contribution in [1.82, 2.24) is 0 Å².